The zero-order valence-electron chi connectivity index (χ0n) is 10.8. The van der Waals surface area contributed by atoms with E-state index in [1.54, 1.807) is 0 Å². The molecule has 3 unspecified atom stereocenters. The largest absolute Gasteiger partial charge is 0.481 e. The van der Waals surface area contributed by atoms with Gasteiger partial charge < -0.3 is 9.84 Å². The first-order valence-corrected chi connectivity index (χ1v) is 7.05. The van der Waals surface area contributed by atoms with E-state index in [0.29, 0.717) is 18.7 Å². The van der Waals surface area contributed by atoms with Crippen molar-refractivity contribution in [2.24, 2.45) is 0 Å². The summed E-state index contributed by atoms with van der Waals surface area (Å²) in [5, 5.41) is 8.86. The second-order valence-corrected chi connectivity index (χ2v) is 5.69. The van der Waals surface area contributed by atoms with Gasteiger partial charge in [0.2, 0.25) is 0 Å². The number of carboxylic acid groups (broad SMARTS) is 1. The first kappa shape index (κ1) is 12.4. The van der Waals surface area contributed by atoms with Crippen LogP contribution in [0.1, 0.15) is 25.7 Å². The summed E-state index contributed by atoms with van der Waals surface area (Å²) < 4.78 is 5.55. The van der Waals surface area contributed by atoms with Gasteiger partial charge in [-0.15, -0.1) is 0 Å². The lowest BCUT2D eigenvalue weighted by molar-refractivity contribution is -0.142. The van der Waals surface area contributed by atoms with Crippen molar-refractivity contribution in [2.45, 2.75) is 43.9 Å². The summed E-state index contributed by atoms with van der Waals surface area (Å²) in [7, 11) is 0. The van der Waals surface area contributed by atoms with Gasteiger partial charge in [0.25, 0.3) is 0 Å². The highest BCUT2D eigenvalue weighted by atomic mass is 16.5. The molecule has 3 heterocycles. The van der Waals surface area contributed by atoms with Crippen LogP contribution in [0.2, 0.25) is 0 Å². The van der Waals surface area contributed by atoms with Crippen molar-refractivity contribution in [3.8, 4) is 0 Å². The lowest BCUT2D eigenvalue weighted by Crippen LogP contribution is -2.51. The van der Waals surface area contributed by atoms with E-state index in [2.05, 4.69) is 9.80 Å². The van der Waals surface area contributed by atoms with Crippen molar-refractivity contribution < 1.29 is 14.6 Å². The number of carboxylic acids is 1. The molecule has 5 nitrogen and oxygen atoms in total. The van der Waals surface area contributed by atoms with Crippen LogP contribution in [0, 0.1) is 0 Å². The minimum absolute atomic E-state index is 0.119. The average molecular weight is 254 g/mol. The smallest absolute Gasteiger partial charge is 0.306 e. The topological polar surface area (TPSA) is 53.0 Å². The molecule has 0 saturated carbocycles. The molecule has 102 valence electrons. The van der Waals surface area contributed by atoms with Crippen molar-refractivity contribution in [2.75, 3.05) is 32.8 Å². The van der Waals surface area contributed by atoms with Gasteiger partial charge in [-0.2, -0.15) is 0 Å². The molecule has 5 heteroatoms. The monoisotopic (exact) mass is 254 g/mol. The summed E-state index contributed by atoms with van der Waals surface area (Å²) in [6.45, 7) is 4.91. The second kappa shape index (κ2) is 5.15. The number of hydrogen-bond donors (Lipinski definition) is 1. The molecule has 0 aliphatic carbocycles. The molecule has 18 heavy (non-hydrogen) atoms. The zero-order chi connectivity index (χ0) is 12.5. The summed E-state index contributed by atoms with van der Waals surface area (Å²) in [5.74, 6) is -0.754. The Hall–Kier alpha value is -0.650. The molecule has 3 rings (SSSR count). The van der Waals surface area contributed by atoms with E-state index >= 15 is 0 Å². The first-order valence-electron chi connectivity index (χ1n) is 7.05. The van der Waals surface area contributed by atoms with Gasteiger partial charge in [-0.25, -0.2) is 0 Å². The van der Waals surface area contributed by atoms with Gasteiger partial charge >= 0.3 is 5.97 Å². The SMILES string of the molecule is O=C(O)CC1CN(C2CCN3CCCC23)CCO1. The van der Waals surface area contributed by atoms with Crippen molar-refractivity contribution in [3.05, 3.63) is 0 Å². The third-order valence-corrected chi connectivity index (χ3v) is 4.61. The van der Waals surface area contributed by atoms with E-state index < -0.39 is 5.97 Å². The Morgan fingerprint density at radius 2 is 2.00 bits per heavy atom. The Balaban J connectivity index is 1.60. The maximum atomic E-state index is 10.8. The minimum Gasteiger partial charge on any atom is -0.481 e. The molecule has 0 aromatic rings. The quantitative estimate of drug-likeness (QED) is 0.790. The van der Waals surface area contributed by atoms with Gasteiger partial charge in [0.15, 0.2) is 0 Å². The molecule has 3 atom stereocenters. The van der Waals surface area contributed by atoms with Crippen LogP contribution in [0.3, 0.4) is 0 Å². The van der Waals surface area contributed by atoms with Crippen LogP contribution in [0.15, 0.2) is 0 Å². The lowest BCUT2D eigenvalue weighted by Gasteiger charge is -2.38. The molecule has 0 aromatic carbocycles. The third kappa shape index (κ3) is 2.39. The van der Waals surface area contributed by atoms with E-state index in [4.69, 9.17) is 9.84 Å². The Morgan fingerprint density at radius 3 is 2.83 bits per heavy atom. The Kier molecular flexibility index (Phi) is 3.54. The number of fused-ring (bicyclic) bond motifs is 1. The highest BCUT2D eigenvalue weighted by molar-refractivity contribution is 5.67. The number of nitrogens with zero attached hydrogens (tertiary/aromatic N) is 2. The summed E-state index contributed by atoms with van der Waals surface area (Å²) in [6.07, 6.45) is 3.89. The number of rotatable bonds is 3. The van der Waals surface area contributed by atoms with E-state index in [-0.39, 0.29) is 12.5 Å². The number of hydrogen-bond acceptors (Lipinski definition) is 4. The Bertz CT molecular complexity index is 323. The fourth-order valence-corrected chi connectivity index (χ4v) is 3.84. The maximum absolute atomic E-state index is 10.8. The van der Waals surface area contributed by atoms with Gasteiger partial charge in [-0.1, -0.05) is 0 Å². The molecule has 3 saturated heterocycles. The number of aliphatic carboxylic acids is 1. The number of carbonyl (C=O) groups is 1. The normalized spacial score (nSPS) is 37.9. The molecule has 0 radical (unpaired) electrons. The van der Waals surface area contributed by atoms with Crippen LogP contribution in [0.25, 0.3) is 0 Å². The second-order valence-electron chi connectivity index (χ2n) is 5.69. The summed E-state index contributed by atoms with van der Waals surface area (Å²) in [6, 6.07) is 1.35. The predicted molar refractivity (Wildman–Crippen MR) is 66.6 cm³/mol. The van der Waals surface area contributed by atoms with E-state index in [0.717, 1.165) is 13.1 Å². The van der Waals surface area contributed by atoms with Gasteiger partial charge in [0.05, 0.1) is 19.1 Å². The molecule has 0 amide bonds. The molecule has 3 aliphatic rings. The van der Waals surface area contributed by atoms with Crippen LogP contribution in [-0.4, -0.2) is 71.8 Å². The van der Waals surface area contributed by atoms with E-state index in [1.165, 1.54) is 32.4 Å². The fourth-order valence-electron chi connectivity index (χ4n) is 3.84. The van der Waals surface area contributed by atoms with Crippen LogP contribution >= 0.6 is 0 Å². The molecule has 0 bridgehead atoms. The zero-order valence-corrected chi connectivity index (χ0v) is 10.8. The van der Waals surface area contributed by atoms with E-state index in [1.807, 2.05) is 0 Å². The van der Waals surface area contributed by atoms with Crippen molar-refractivity contribution in [1.29, 1.82) is 0 Å². The molecular formula is C13H22N2O3. The molecular weight excluding hydrogens is 232 g/mol. The van der Waals surface area contributed by atoms with Gasteiger partial charge in [-0.05, 0) is 25.8 Å². The van der Waals surface area contributed by atoms with E-state index in [9.17, 15) is 4.79 Å². The van der Waals surface area contributed by atoms with Crippen LogP contribution < -0.4 is 0 Å². The average Bonchev–Trinajstić information content (AvgIpc) is 2.89. The lowest BCUT2D eigenvalue weighted by atomic mass is 10.0. The summed E-state index contributed by atoms with van der Waals surface area (Å²) in [4.78, 5) is 15.9. The molecule has 3 aliphatic heterocycles. The van der Waals surface area contributed by atoms with Gasteiger partial charge in [0, 0.05) is 31.7 Å². The van der Waals surface area contributed by atoms with Crippen molar-refractivity contribution in [3.63, 3.8) is 0 Å². The summed E-state index contributed by atoms with van der Waals surface area (Å²) in [5.41, 5.74) is 0. The highest BCUT2D eigenvalue weighted by Gasteiger charge is 2.41. The fraction of sp³-hybridized carbons (Fsp3) is 0.923. The Labute approximate surface area is 108 Å². The minimum atomic E-state index is -0.754. The third-order valence-electron chi connectivity index (χ3n) is 4.61. The molecule has 0 aromatic heterocycles. The van der Waals surface area contributed by atoms with Gasteiger partial charge in [-0.3, -0.25) is 14.6 Å². The first-order chi connectivity index (χ1) is 8.74. The molecule has 3 fully saturated rings. The van der Waals surface area contributed by atoms with Crippen molar-refractivity contribution >= 4 is 5.97 Å². The number of ether oxygens (including phenoxy) is 1. The summed E-state index contributed by atoms with van der Waals surface area (Å²) >= 11 is 0. The number of morpholine rings is 1. The highest BCUT2D eigenvalue weighted by Crippen LogP contribution is 2.32. The standard InChI is InChI=1S/C13H22N2O3/c16-13(17)8-10-9-15(6-7-18-10)12-3-5-14-4-1-2-11(12)14/h10-12H,1-9H2,(H,16,17). The van der Waals surface area contributed by atoms with Crippen LogP contribution in [0.5, 0.6) is 0 Å². The molecule has 0 spiro atoms. The van der Waals surface area contributed by atoms with Crippen LogP contribution in [-0.2, 0) is 9.53 Å². The predicted octanol–water partition coefficient (Wildman–Crippen LogP) is 0.399. The van der Waals surface area contributed by atoms with Crippen molar-refractivity contribution in [1.82, 2.24) is 9.80 Å². The maximum Gasteiger partial charge on any atom is 0.306 e. The van der Waals surface area contributed by atoms with Crippen LogP contribution in [0.4, 0.5) is 0 Å². The molecule has 1 N–H and O–H groups in total. The Morgan fingerprint density at radius 1 is 1.17 bits per heavy atom. The van der Waals surface area contributed by atoms with Gasteiger partial charge in [0.1, 0.15) is 0 Å².